The number of nitrogens with one attached hydrogen (secondary N) is 1. The molecule has 1 unspecified atom stereocenters. The van der Waals surface area contributed by atoms with Crippen LogP contribution in [0.1, 0.15) is 6.42 Å². The Morgan fingerprint density at radius 2 is 2.56 bits per heavy atom. The summed E-state index contributed by atoms with van der Waals surface area (Å²) in [7, 11) is 0. The highest BCUT2D eigenvalue weighted by Gasteiger charge is 2.07. The minimum atomic E-state index is -0.421. The lowest BCUT2D eigenvalue weighted by atomic mass is 9.97. The quantitative estimate of drug-likeness (QED) is 0.690. The normalized spacial score (nSPS) is 18.8. The Morgan fingerprint density at radius 3 is 3.12 bits per heavy atom. The van der Waals surface area contributed by atoms with E-state index in [0.29, 0.717) is 19.0 Å². The fourth-order valence-electron chi connectivity index (χ4n) is 1.37. The second kappa shape index (κ2) is 6.85. The highest BCUT2D eigenvalue weighted by molar-refractivity contribution is 5.67. The zero-order valence-electron chi connectivity index (χ0n) is 9.32. The Balaban J connectivity index is 2.24. The van der Waals surface area contributed by atoms with Crippen molar-refractivity contribution in [2.45, 2.75) is 6.42 Å². The van der Waals surface area contributed by atoms with Gasteiger partial charge in [-0.15, -0.1) is 0 Å². The number of allylic oxidation sites excluding steroid dienone is 1. The molecule has 0 aromatic rings. The fraction of sp³-hybridized carbons (Fsp3) is 0.417. The van der Waals surface area contributed by atoms with Crippen molar-refractivity contribution >= 4 is 6.09 Å². The van der Waals surface area contributed by atoms with Crippen LogP contribution in [0.15, 0.2) is 36.5 Å². The summed E-state index contributed by atoms with van der Waals surface area (Å²) in [5.41, 5.74) is 6.63. The number of hydrogen-bond donors (Lipinski definition) is 2. The molecule has 0 aliphatic heterocycles. The minimum absolute atomic E-state index is 0.232. The number of alkyl carbamates (subject to hydrolysis) is 1. The van der Waals surface area contributed by atoms with Crippen molar-refractivity contribution < 1.29 is 9.53 Å². The van der Waals surface area contributed by atoms with Crippen LogP contribution in [-0.2, 0) is 4.74 Å². The van der Waals surface area contributed by atoms with Crippen LogP contribution in [0.2, 0.25) is 0 Å². The standard InChI is InChI=1S/C12H18N2O2/c1-2-7-16-12(15)14-9-11-5-3-10(8-13)4-6-11/h2-3,5-6,10H,1,4,7-9,13H2,(H,14,15). The van der Waals surface area contributed by atoms with E-state index in [-0.39, 0.29) is 6.61 Å². The largest absolute Gasteiger partial charge is 0.445 e. The summed E-state index contributed by atoms with van der Waals surface area (Å²) in [6.45, 7) is 4.84. The molecule has 4 heteroatoms. The van der Waals surface area contributed by atoms with Crippen LogP contribution < -0.4 is 11.1 Å². The number of nitrogens with two attached hydrogens (primary N) is 1. The molecule has 88 valence electrons. The Bertz CT molecular complexity index is 308. The van der Waals surface area contributed by atoms with E-state index in [9.17, 15) is 4.79 Å². The molecule has 16 heavy (non-hydrogen) atoms. The second-order valence-electron chi connectivity index (χ2n) is 3.61. The van der Waals surface area contributed by atoms with Gasteiger partial charge in [0.15, 0.2) is 0 Å². The first kappa shape index (κ1) is 12.5. The first-order valence-electron chi connectivity index (χ1n) is 5.35. The first-order chi connectivity index (χ1) is 7.76. The van der Waals surface area contributed by atoms with Crippen LogP contribution in [0.25, 0.3) is 0 Å². The summed E-state index contributed by atoms with van der Waals surface area (Å²) < 4.78 is 4.79. The lowest BCUT2D eigenvalue weighted by Gasteiger charge is -2.14. The van der Waals surface area contributed by atoms with Gasteiger partial charge in [-0.3, -0.25) is 0 Å². The number of carbonyl (C=O) groups is 1. The summed E-state index contributed by atoms with van der Waals surface area (Å²) in [6, 6.07) is 0. The third-order valence-electron chi connectivity index (χ3n) is 2.34. The summed E-state index contributed by atoms with van der Waals surface area (Å²) in [5.74, 6) is 0.427. The van der Waals surface area contributed by atoms with E-state index >= 15 is 0 Å². The zero-order valence-corrected chi connectivity index (χ0v) is 9.32. The lowest BCUT2D eigenvalue weighted by molar-refractivity contribution is 0.159. The smallest absolute Gasteiger partial charge is 0.407 e. The van der Waals surface area contributed by atoms with Crippen LogP contribution in [0.5, 0.6) is 0 Å². The van der Waals surface area contributed by atoms with Gasteiger partial charge < -0.3 is 15.8 Å². The van der Waals surface area contributed by atoms with Crippen molar-refractivity contribution in [1.29, 1.82) is 0 Å². The third-order valence-corrected chi connectivity index (χ3v) is 2.34. The SMILES string of the molecule is C=CCOC(=O)NCC1=CCC(CN)C=C1. The van der Waals surface area contributed by atoms with Crippen LogP contribution >= 0.6 is 0 Å². The summed E-state index contributed by atoms with van der Waals surface area (Å²) in [4.78, 5) is 11.1. The molecule has 0 radical (unpaired) electrons. The van der Waals surface area contributed by atoms with Gasteiger partial charge in [0, 0.05) is 6.54 Å². The van der Waals surface area contributed by atoms with Gasteiger partial charge in [0.05, 0.1) is 0 Å². The van der Waals surface area contributed by atoms with Gasteiger partial charge in [-0.25, -0.2) is 4.79 Å². The van der Waals surface area contributed by atoms with Gasteiger partial charge in [-0.1, -0.05) is 30.9 Å². The molecule has 1 aliphatic rings. The highest BCUT2D eigenvalue weighted by atomic mass is 16.5. The maximum absolute atomic E-state index is 11.1. The second-order valence-corrected chi connectivity index (χ2v) is 3.61. The molecule has 0 bridgehead atoms. The first-order valence-corrected chi connectivity index (χ1v) is 5.35. The molecule has 1 amide bonds. The summed E-state index contributed by atoms with van der Waals surface area (Å²) >= 11 is 0. The lowest BCUT2D eigenvalue weighted by Crippen LogP contribution is -2.26. The van der Waals surface area contributed by atoms with E-state index in [2.05, 4.69) is 24.0 Å². The monoisotopic (exact) mass is 222 g/mol. The highest BCUT2D eigenvalue weighted by Crippen LogP contribution is 2.14. The van der Waals surface area contributed by atoms with E-state index in [4.69, 9.17) is 10.5 Å². The van der Waals surface area contributed by atoms with Crippen molar-refractivity contribution in [2.75, 3.05) is 19.7 Å². The van der Waals surface area contributed by atoms with E-state index in [0.717, 1.165) is 12.0 Å². The summed E-state index contributed by atoms with van der Waals surface area (Å²) in [6.07, 6.45) is 8.21. The Morgan fingerprint density at radius 1 is 1.75 bits per heavy atom. The van der Waals surface area contributed by atoms with Crippen molar-refractivity contribution in [2.24, 2.45) is 11.7 Å². The molecule has 0 fully saturated rings. The summed E-state index contributed by atoms with van der Waals surface area (Å²) in [5, 5.41) is 2.66. The number of carbonyl (C=O) groups excluding carboxylic acids is 1. The Hall–Kier alpha value is -1.55. The average Bonchev–Trinajstić information content (AvgIpc) is 2.34. The molecule has 3 N–H and O–H groups in total. The molecule has 0 spiro atoms. The maximum Gasteiger partial charge on any atom is 0.407 e. The maximum atomic E-state index is 11.1. The van der Waals surface area contributed by atoms with Crippen LogP contribution in [0, 0.1) is 5.92 Å². The van der Waals surface area contributed by atoms with Gasteiger partial charge in [-0.2, -0.15) is 0 Å². The zero-order chi connectivity index (χ0) is 11.8. The predicted molar refractivity (Wildman–Crippen MR) is 63.9 cm³/mol. The van der Waals surface area contributed by atoms with E-state index in [1.165, 1.54) is 6.08 Å². The molecule has 1 aliphatic carbocycles. The van der Waals surface area contributed by atoms with Gasteiger partial charge in [0.1, 0.15) is 6.61 Å². The van der Waals surface area contributed by atoms with Crippen LogP contribution in [-0.4, -0.2) is 25.8 Å². The number of amides is 1. The molecule has 4 nitrogen and oxygen atoms in total. The predicted octanol–water partition coefficient (Wildman–Crippen LogP) is 1.36. The molecular weight excluding hydrogens is 204 g/mol. The molecule has 0 saturated carbocycles. The molecule has 1 rings (SSSR count). The third kappa shape index (κ3) is 4.31. The van der Waals surface area contributed by atoms with E-state index < -0.39 is 6.09 Å². The number of hydrogen-bond acceptors (Lipinski definition) is 3. The molecule has 0 saturated heterocycles. The van der Waals surface area contributed by atoms with Gasteiger partial charge >= 0.3 is 6.09 Å². The average molecular weight is 222 g/mol. The van der Waals surface area contributed by atoms with Crippen molar-refractivity contribution in [3.8, 4) is 0 Å². The number of rotatable bonds is 5. The van der Waals surface area contributed by atoms with Gasteiger partial charge in [0.25, 0.3) is 0 Å². The Kier molecular flexibility index (Phi) is 5.36. The topological polar surface area (TPSA) is 64.3 Å². The molecular formula is C12H18N2O2. The minimum Gasteiger partial charge on any atom is -0.445 e. The molecule has 0 aromatic carbocycles. The van der Waals surface area contributed by atoms with E-state index in [1.54, 1.807) is 0 Å². The van der Waals surface area contributed by atoms with Crippen molar-refractivity contribution in [1.82, 2.24) is 5.32 Å². The molecule has 0 heterocycles. The van der Waals surface area contributed by atoms with Gasteiger partial charge in [0.2, 0.25) is 0 Å². The number of ether oxygens (including phenoxy) is 1. The Labute approximate surface area is 95.8 Å². The van der Waals surface area contributed by atoms with Crippen molar-refractivity contribution in [3.63, 3.8) is 0 Å². The van der Waals surface area contributed by atoms with Crippen molar-refractivity contribution in [3.05, 3.63) is 36.5 Å². The van der Waals surface area contributed by atoms with E-state index in [1.807, 2.05) is 6.08 Å². The molecule has 0 aromatic heterocycles. The van der Waals surface area contributed by atoms with Crippen LogP contribution in [0.3, 0.4) is 0 Å². The molecule has 1 atom stereocenters. The van der Waals surface area contributed by atoms with Crippen LogP contribution in [0.4, 0.5) is 4.79 Å². The fourth-order valence-corrected chi connectivity index (χ4v) is 1.37. The van der Waals surface area contributed by atoms with Gasteiger partial charge in [-0.05, 0) is 24.5 Å².